The molecule has 69 heavy (non-hydrogen) atoms. The molecule has 0 atom stereocenters. The number of carbonyl (C=O) groups is 2. The molecule has 350 valence electrons. The van der Waals surface area contributed by atoms with Gasteiger partial charge in [0.2, 0.25) is 11.9 Å². The molecule has 0 unspecified atom stereocenters. The molecule has 0 radical (unpaired) electrons. The molecule has 3 N–H and O–H groups in total. The van der Waals surface area contributed by atoms with E-state index in [0.717, 1.165) is 97.2 Å². The number of rotatable bonds is 12. The summed E-state index contributed by atoms with van der Waals surface area (Å²) in [5.41, 5.74) is 6.30. The highest BCUT2D eigenvalue weighted by atomic mass is 16.5. The van der Waals surface area contributed by atoms with E-state index in [0.29, 0.717) is 40.6 Å². The molecule has 4 aromatic heterocycles. The molecule has 2 amide bonds. The monoisotopic (exact) mass is 926 g/mol. The summed E-state index contributed by atoms with van der Waals surface area (Å²) in [5.74, 6) is 2.87. The summed E-state index contributed by atoms with van der Waals surface area (Å²) in [4.78, 5) is 56.6. The average Bonchev–Trinajstić information content (AvgIpc) is 3.39. The Bertz CT molecular complexity index is 3090. The number of anilines is 6. The van der Waals surface area contributed by atoms with E-state index in [9.17, 15) is 9.59 Å². The molecule has 18 nitrogen and oxygen atoms in total. The summed E-state index contributed by atoms with van der Waals surface area (Å²) >= 11 is 0. The predicted octanol–water partition coefficient (Wildman–Crippen LogP) is 7.86. The van der Waals surface area contributed by atoms with E-state index < -0.39 is 0 Å². The highest BCUT2D eigenvalue weighted by Gasteiger charge is 2.18. The van der Waals surface area contributed by atoms with Gasteiger partial charge >= 0.3 is 0 Å². The number of ether oxygens (including phenoxy) is 4. The van der Waals surface area contributed by atoms with Gasteiger partial charge in [-0.15, -0.1) is 0 Å². The zero-order valence-electron chi connectivity index (χ0n) is 38.3. The number of nitrogens with one attached hydrogen (secondary N) is 3. The lowest BCUT2D eigenvalue weighted by Crippen LogP contribution is -2.36. The van der Waals surface area contributed by atoms with E-state index in [4.69, 9.17) is 18.9 Å². The van der Waals surface area contributed by atoms with E-state index in [1.165, 1.54) is 11.1 Å². The van der Waals surface area contributed by atoms with Crippen molar-refractivity contribution in [3.05, 3.63) is 145 Å². The number of morpholine rings is 2. The van der Waals surface area contributed by atoms with Gasteiger partial charge < -0.3 is 49.6 Å². The maximum atomic E-state index is 12.2. The van der Waals surface area contributed by atoms with Crippen LogP contribution in [0.25, 0.3) is 21.8 Å². The molecule has 2 fully saturated rings. The van der Waals surface area contributed by atoms with Crippen LogP contribution in [0.1, 0.15) is 21.0 Å². The number of pyridine rings is 2. The minimum atomic E-state index is -0.271. The minimum absolute atomic E-state index is 0.183. The molecule has 0 saturated carbocycles. The van der Waals surface area contributed by atoms with Gasteiger partial charge in [0.1, 0.15) is 34.4 Å². The van der Waals surface area contributed by atoms with Gasteiger partial charge in [-0.1, -0.05) is 24.3 Å². The molecular formula is C51H50N12O6. The molecule has 18 heteroatoms. The van der Waals surface area contributed by atoms with Crippen molar-refractivity contribution in [2.45, 2.75) is 0 Å². The third kappa shape index (κ3) is 11.4. The van der Waals surface area contributed by atoms with E-state index in [1.807, 2.05) is 72.8 Å². The molecule has 6 heterocycles. The smallest absolute Gasteiger partial charge is 0.272 e. The van der Waals surface area contributed by atoms with Gasteiger partial charge in [0.05, 0.1) is 60.2 Å². The normalized spacial score (nSPS) is 13.5. The van der Waals surface area contributed by atoms with Crippen molar-refractivity contribution < 1.29 is 28.5 Å². The van der Waals surface area contributed by atoms with Crippen LogP contribution < -0.4 is 35.2 Å². The Kier molecular flexibility index (Phi) is 14.2. The number of hydrogen-bond donors (Lipinski definition) is 3. The van der Waals surface area contributed by atoms with E-state index in [-0.39, 0.29) is 17.5 Å². The van der Waals surface area contributed by atoms with Gasteiger partial charge in [-0.2, -0.15) is 0 Å². The Hall–Kier alpha value is -8.48. The summed E-state index contributed by atoms with van der Waals surface area (Å²) in [6.45, 7) is 6.28. The summed E-state index contributed by atoms with van der Waals surface area (Å²) < 4.78 is 22.9. The maximum Gasteiger partial charge on any atom is 0.272 e. The number of carbonyl (C=O) groups excluding carboxylic acids is 2. The second kappa shape index (κ2) is 21.4. The van der Waals surface area contributed by atoms with Crippen LogP contribution in [-0.2, 0) is 9.47 Å². The van der Waals surface area contributed by atoms with Crippen molar-refractivity contribution in [2.24, 2.45) is 0 Å². The van der Waals surface area contributed by atoms with Crippen molar-refractivity contribution in [3.63, 3.8) is 0 Å². The molecular weight excluding hydrogens is 877 g/mol. The average molecular weight is 927 g/mol. The van der Waals surface area contributed by atoms with Crippen molar-refractivity contribution in [3.8, 4) is 23.0 Å². The Morgan fingerprint density at radius 2 is 1.01 bits per heavy atom. The van der Waals surface area contributed by atoms with Crippen molar-refractivity contribution in [2.75, 3.05) is 94.2 Å². The fraction of sp³-hybridized carbons (Fsp3) is 0.216. The van der Waals surface area contributed by atoms with Crippen LogP contribution in [0, 0.1) is 0 Å². The lowest BCUT2D eigenvalue weighted by Gasteiger charge is -2.30. The first-order valence-electron chi connectivity index (χ1n) is 22.4. The van der Waals surface area contributed by atoms with E-state index in [1.54, 1.807) is 64.0 Å². The van der Waals surface area contributed by atoms with Gasteiger partial charge in [0, 0.05) is 95.0 Å². The summed E-state index contributed by atoms with van der Waals surface area (Å²) in [6.07, 6.45) is 6.62. The van der Waals surface area contributed by atoms with Crippen LogP contribution in [-0.4, -0.2) is 120 Å². The Balaban J connectivity index is 0.000000172. The van der Waals surface area contributed by atoms with Crippen LogP contribution >= 0.6 is 0 Å². The lowest BCUT2D eigenvalue weighted by molar-refractivity contribution is 0.0821. The number of para-hydroxylation sites is 4. The zero-order valence-corrected chi connectivity index (χ0v) is 38.3. The molecule has 2 aliphatic heterocycles. The topological polar surface area (TPSA) is 194 Å². The molecule has 10 rings (SSSR count). The van der Waals surface area contributed by atoms with Gasteiger partial charge in [-0.3, -0.25) is 19.6 Å². The zero-order chi connectivity index (χ0) is 47.5. The summed E-state index contributed by atoms with van der Waals surface area (Å²) in [6, 6.07) is 34.1. The number of nitrogens with zero attached hydrogens (tertiary/aromatic N) is 9. The van der Waals surface area contributed by atoms with Crippen LogP contribution in [0.3, 0.4) is 0 Å². The molecule has 0 spiro atoms. The van der Waals surface area contributed by atoms with Crippen LogP contribution in [0.4, 0.5) is 34.6 Å². The quantitative estimate of drug-likeness (QED) is 0.107. The number of fused-ring (bicyclic) bond motifs is 2. The fourth-order valence-electron chi connectivity index (χ4n) is 7.65. The van der Waals surface area contributed by atoms with Crippen molar-refractivity contribution >= 4 is 68.3 Å². The second-order valence-electron chi connectivity index (χ2n) is 16.0. The van der Waals surface area contributed by atoms with E-state index >= 15 is 0 Å². The third-order valence-electron chi connectivity index (χ3n) is 11.1. The Labute approximate surface area is 398 Å². The number of amides is 2. The number of hydrogen-bond acceptors (Lipinski definition) is 16. The first kappa shape index (κ1) is 45.7. The highest BCUT2D eigenvalue weighted by Crippen LogP contribution is 2.32. The third-order valence-corrected chi connectivity index (χ3v) is 11.1. The maximum absolute atomic E-state index is 12.2. The van der Waals surface area contributed by atoms with Crippen LogP contribution in [0.2, 0.25) is 0 Å². The molecule has 4 aromatic carbocycles. The van der Waals surface area contributed by atoms with Gasteiger partial charge in [-0.25, -0.2) is 19.9 Å². The van der Waals surface area contributed by atoms with Gasteiger partial charge in [0.25, 0.3) is 11.8 Å². The summed E-state index contributed by atoms with van der Waals surface area (Å²) in [5, 5.41) is 11.0. The molecule has 8 aromatic rings. The van der Waals surface area contributed by atoms with Crippen molar-refractivity contribution in [1.29, 1.82) is 0 Å². The van der Waals surface area contributed by atoms with Crippen LogP contribution in [0.5, 0.6) is 23.0 Å². The minimum Gasteiger partial charge on any atom is -0.457 e. The molecule has 2 aliphatic rings. The predicted molar refractivity (Wildman–Crippen MR) is 265 cm³/mol. The first-order valence-corrected chi connectivity index (χ1v) is 22.4. The lowest BCUT2D eigenvalue weighted by atomic mass is 10.2. The number of benzene rings is 4. The second-order valence-corrected chi connectivity index (χ2v) is 16.0. The van der Waals surface area contributed by atoms with Gasteiger partial charge in [-0.05, 0) is 72.8 Å². The molecule has 0 bridgehead atoms. The highest BCUT2D eigenvalue weighted by molar-refractivity contribution is 5.93. The van der Waals surface area contributed by atoms with Gasteiger partial charge in [0.15, 0.2) is 0 Å². The molecule has 0 aliphatic carbocycles. The summed E-state index contributed by atoms with van der Waals surface area (Å²) in [7, 11) is 4.93. The molecule has 2 saturated heterocycles. The van der Waals surface area contributed by atoms with Crippen LogP contribution in [0.15, 0.2) is 134 Å². The Morgan fingerprint density at radius 3 is 1.49 bits per heavy atom. The number of aromatic nitrogens is 6. The fourth-order valence-corrected chi connectivity index (χ4v) is 7.65. The van der Waals surface area contributed by atoms with Crippen molar-refractivity contribution in [1.82, 2.24) is 40.1 Å². The largest absolute Gasteiger partial charge is 0.457 e. The SMILES string of the molecule is CN(C)C(=O)c1cc(Oc2ccc3nc(Nc4ccccc4N4CCOCC4)ncc3c2)ccn1.CNC(=O)c1cc(Oc2ccc3nc(Nc4ccccc4N4CCOCC4)ncc3c2)ccn1. The standard InChI is InChI=1S/C26H26N6O3.C25H24N6O3/c1-31(2)25(33)23-16-20(9-10-27-23)35-19-7-8-21-18(15-19)17-28-26(29-21)30-22-5-3-4-6-24(22)32-11-13-34-14-12-32;1-26-24(32)22-15-19(8-9-27-22)34-18-6-7-20-17(14-18)16-28-25(29-20)30-21-4-2-3-5-23(21)31-10-12-33-13-11-31/h3-10,15-17H,11-14H2,1-2H3,(H,28,29,30);2-9,14-16H,10-13H2,1H3,(H,26,32)(H,28,29,30). The Morgan fingerprint density at radius 1 is 0.565 bits per heavy atom. The van der Waals surface area contributed by atoms with E-state index in [2.05, 4.69) is 67.8 Å². The first-order chi connectivity index (χ1) is 33.8.